The fraction of sp³-hybridized carbons (Fsp3) is 0.143. The maximum Gasteiger partial charge on any atom is 0.226 e. The molecule has 0 aliphatic heterocycles. The number of thioether (sulfide) groups is 1. The molecule has 0 unspecified atom stereocenters. The number of methoxy groups -OCH3 is 1. The molecule has 1 amide bonds. The summed E-state index contributed by atoms with van der Waals surface area (Å²) in [5.41, 5.74) is 1.36. The number of aromatic nitrogens is 1. The number of furan rings is 1. The Balaban J connectivity index is 1.36. The maximum absolute atomic E-state index is 12.2. The molecular formula is C21H17ClN2O3S2. The van der Waals surface area contributed by atoms with Crippen LogP contribution in [0.3, 0.4) is 0 Å². The molecular weight excluding hydrogens is 428 g/mol. The number of nitrogens with zero attached hydrogens (tertiary/aromatic N) is 1. The Hall–Kier alpha value is -2.48. The van der Waals surface area contributed by atoms with Gasteiger partial charge in [-0.25, -0.2) is 4.98 Å². The molecule has 0 spiro atoms. The van der Waals surface area contributed by atoms with Crippen LogP contribution in [0.5, 0.6) is 5.75 Å². The number of rotatable bonds is 7. The second-order valence-corrected chi connectivity index (χ2v) is 8.59. The number of amides is 1. The zero-order valence-electron chi connectivity index (χ0n) is 15.5. The van der Waals surface area contributed by atoms with E-state index in [-0.39, 0.29) is 5.91 Å². The average molecular weight is 445 g/mol. The number of fused-ring (bicyclic) bond motifs is 1. The van der Waals surface area contributed by atoms with Crippen molar-refractivity contribution in [3.63, 3.8) is 0 Å². The highest BCUT2D eigenvalue weighted by Crippen LogP contribution is 2.34. The van der Waals surface area contributed by atoms with E-state index >= 15 is 0 Å². The highest BCUT2D eigenvalue weighted by atomic mass is 35.5. The minimum atomic E-state index is -0.0707. The monoisotopic (exact) mass is 444 g/mol. The number of hydrogen-bond donors (Lipinski definition) is 1. The summed E-state index contributed by atoms with van der Waals surface area (Å²) in [6, 6.07) is 15.2. The molecule has 1 N–H and O–H groups in total. The lowest BCUT2D eigenvalue weighted by Gasteiger charge is -2.02. The average Bonchev–Trinajstić information content (AvgIpc) is 3.36. The van der Waals surface area contributed by atoms with Gasteiger partial charge in [0.1, 0.15) is 5.69 Å². The van der Waals surface area contributed by atoms with Crippen LogP contribution in [0.4, 0.5) is 5.13 Å². The molecule has 2 heterocycles. The molecule has 0 bridgehead atoms. The molecule has 0 saturated heterocycles. The lowest BCUT2D eigenvalue weighted by atomic mass is 10.2. The highest BCUT2D eigenvalue weighted by molar-refractivity contribution is 7.99. The van der Waals surface area contributed by atoms with Gasteiger partial charge in [-0.3, -0.25) is 4.79 Å². The van der Waals surface area contributed by atoms with E-state index in [9.17, 15) is 4.79 Å². The van der Waals surface area contributed by atoms with Crippen molar-refractivity contribution in [1.82, 2.24) is 4.98 Å². The molecule has 0 radical (unpaired) electrons. The van der Waals surface area contributed by atoms with Gasteiger partial charge in [0, 0.05) is 32.9 Å². The number of carbonyl (C=O) groups excluding carboxylic acids is 1. The normalized spacial score (nSPS) is 11.0. The summed E-state index contributed by atoms with van der Waals surface area (Å²) in [4.78, 5) is 17.8. The van der Waals surface area contributed by atoms with Crippen molar-refractivity contribution >= 4 is 56.7 Å². The van der Waals surface area contributed by atoms with E-state index in [1.165, 1.54) is 11.3 Å². The highest BCUT2D eigenvalue weighted by Gasteiger charge is 2.14. The van der Waals surface area contributed by atoms with E-state index in [1.807, 2.05) is 53.9 Å². The van der Waals surface area contributed by atoms with E-state index in [1.54, 1.807) is 18.9 Å². The van der Waals surface area contributed by atoms with Crippen molar-refractivity contribution in [1.29, 1.82) is 0 Å². The van der Waals surface area contributed by atoms with Crippen LogP contribution < -0.4 is 10.1 Å². The fourth-order valence-electron chi connectivity index (χ4n) is 2.74. The van der Waals surface area contributed by atoms with Crippen LogP contribution in [0.15, 0.2) is 63.2 Å². The summed E-state index contributed by atoms with van der Waals surface area (Å²) in [5.74, 6) is 1.92. The van der Waals surface area contributed by atoms with Gasteiger partial charge >= 0.3 is 0 Å². The summed E-state index contributed by atoms with van der Waals surface area (Å²) in [5, 5.41) is 6.91. The predicted molar refractivity (Wildman–Crippen MR) is 119 cm³/mol. The van der Waals surface area contributed by atoms with E-state index < -0.39 is 0 Å². The number of ether oxygens (including phenoxy) is 1. The standard InChI is InChI=1S/C21H17ClN2O3S2/c1-26-17-4-2-3-13-11-18(27-20(13)17)16-12-29-21(23-16)24-19(25)9-10-28-15-7-5-14(22)6-8-15/h2-8,11-12H,9-10H2,1H3,(H,23,24,25). The molecule has 2 aromatic heterocycles. The lowest BCUT2D eigenvalue weighted by Crippen LogP contribution is -2.11. The van der Waals surface area contributed by atoms with Gasteiger partial charge in [0.2, 0.25) is 5.91 Å². The quantitative estimate of drug-likeness (QED) is 0.337. The third kappa shape index (κ3) is 4.75. The molecule has 0 saturated carbocycles. The topological polar surface area (TPSA) is 64.4 Å². The second-order valence-electron chi connectivity index (χ2n) is 6.13. The van der Waals surface area contributed by atoms with E-state index in [4.69, 9.17) is 20.8 Å². The summed E-state index contributed by atoms with van der Waals surface area (Å²) in [6.45, 7) is 0. The predicted octanol–water partition coefficient (Wildman–Crippen LogP) is 6.34. The number of carbonyl (C=O) groups is 1. The van der Waals surface area contributed by atoms with Gasteiger partial charge in [0.05, 0.1) is 7.11 Å². The van der Waals surface area contributed by atoms with Gasteiger partial charge in [-0.05, 0) is 36.4 Å². The van der Waals surface area contributed by atoms with Crippen molar-refractivity contribution in [2.24, 2.45) is 0 Å². The van der Waals surface area contributed by atoms with Crippen molar-refractivity contribution in [3.8, 4) is 17.2 Å². The third-order valence-corrected chi connectivity index (χ3v) is 6.17. The molecule has 0 atom stereocenters. The molecule has 0 fully saturated rings. The largest absolute Gasteiger partial charge is 0.493 e. The minimum Gasteiger partial charge on any atom is -0.493 e. The molecule has 0 aliphatic rings. The molecule has 4 aromatic rings. The van der Waals surface area contributed by atoms with Gasteiger partial charge in [-0.2, -0.15) is 0 Å². The number of para-hydroxylation sites is 1. The Bertz CT molecular complexity index is 1140. The van der Waals surface area contributed by atoms with E-state index in [0.29, 0.717) is 45.1 Å². The SMILES string of the molecule is COc1cccc2cc(-c3csc(NC(=O)CCSc4ccc(Cl)cc4)n3)oc12. The summed E-state index contributed by atoms with van der Waals surface area (Å²) < 4.78 is 11.2. The van der Waals surface area contributed by atoms with Crippen LogP contribution in [0, 0.1) is 0 Å². The van der Waals surface area contributed by atoms with Crippen molar-refractivity contribution in [2.75, 3.05) is 18.2 Å². The molecule has 8 heteroatoms. The molecule has 5 nitrogen and oxygen atoms in total. The summed E-state index contributed by atoms with van der Waals surface area (Å²) in [7, 11) is 1.61. The van der Waals surface area contributed by atoms with Crippen molar-refractivity contribution in [2.45, 2.75) is 11.3 Å². The first-order valence-corrected chi connectivity index (χ1v) is 11.1. The Kier molecular flexibility index (Phi) is 6.08. The van der Waals surface area contributed by atoms with Gasteiger partial charge < -0.3 is 14.5 Å². The third-order valence-electron chi connectivity index (χ3n) is 4.14. The molecule has 0 aliphatic carbocycles. The van der Waals surface area contributed by atoms with Gasteiger partial charge in [0.15, 0.2) is 22.2 Å². The number of benzene rings is 2. The van der Waals surface area contributed by atoms with Crippen LogP contribution in [0.1, 0.15) is 6.42 Å². The minimum absolute atomic E-state index is 0.0707. The van der Waals surface area contributed by atoms with Crippen molar-refractivity contribution < 1.29 is 13.9 Å². The smallest absolute Gasteiger partial charge is 0.226 e. The van der Waals surface area contributed by atoms with Crippen LogP contribution in [0.2, 0.25) is 5.02 Å². The first-order chi connectivity index (χ1) is 14.1. The summed E-state index contributed by atoms with van der Waals surface area (Å²) >= 11 is 8.86. The second kappa shape index (κ2) is 8.90. The molecule has 4 rings (SSSR count). The van der Waals surface area contributed by atoms with Crippen LogP contribution in [-0.2, 0) is 4.79 Å². The van der Waals surface area contributed by atoms with Crippen molar-refractivity contribution in [3.05, 3.63) is 58.9 Å². The van der Waals surface area contributed by atoms with E-state index in [0.717, 1.165) is 10.3 Å². The number of thiazole rings is 1. The van der Waals surface area contributed by atoms with Crippen LogP contribution in [0.25, 0.3) is 22.4 Å². The van der Waals surface area contributed by atoms with Crippen LogP contribution in [-0.4, -0.2) is 23.8 Å². The summed E-state index contributed by atoms with van der Waals surface area (Å²) in [6.07, 6.45) is 0.393. The zero-order chi connectivity index (χ0) is 20.2. The Morgan fingerprint density at radius 1 is 1.28 bits per heavy atom. The number of halogens is 1. The Morgan fingerprint density at radius 3 is 2.90 bits per heavy atom. The first kappa shape index (κ1) is 19.8. The Labute approximate surface area is 181 Å². The number of hydrogen-bond acceptors (Lipinski definition) is 6. The Morgan fingerprint density at radius 2 is 2.10 bits per heavy atom. The van der Waals surface area contributed by atoms with Crippen LogP contribution >= 0.6 is 34.7 Å². The fourth-order valence-corrected chi connectivity index (χ4v) is 4.44. The first-order valence-electron chi connectivity index (χ1n) is 8.83. The van der Waals surface area contributed by atoms with Gasteiger partial charge in [0.25, 0.3) is 0 Å². The molecule has 2 aromatic carbocycles. The van der Waals surface area contributed by atoms with Gasteiger partial charge in [-0.15, -0.1) is 23.1 Å². The van der Waals surface area contributed by atoms with Gasteiger partial charge in [-0.1, -0.05) is 23.7 Å². The maximum atomic E-state index is 12.2. The number of nitrogens with one attached hydrogen (secondary N) is 1. The lowest BCUT2D eigenvalue weighted by molar-refractivity contribution is -0.115. The zero-order valence-corrected chi connectivity index (χ0v) is 17.9. The number of anilines is 1. The molecule has 29 heavy (non-hydrogen) atoms. The molecule has 148 valence electrons. The van der Waals surface area contributed by atoms with E-state index in [2.05, 4.69) is 10.3 Å².